The van der Waals surface area contributed by atoms with Crippen molar-refractivity contribution >= 4 is 5.97 Å². The first-order valence-electron chi connectivity index (χ1n) is 3.87. The van der Waals surface area contributed by atoms with E-state index in [2.05, 4.69) is 5.32 Å². The molecule has 0 aromatic rings. The van der Waals surface area contributed by atoms with Crippen LogP contribution in [0.25, 0.3) is 0 Å². The molecular formula is C7H9F2NO2. The Morgan fingerprint density at radius 2 is 2.25 bits per heavy atom. The topological polar surface area (TPSA) is 49.3 Å². The molecular weight excluding hydrogens is 168 g/mol. The van der Waals surface area contributed by atoms with Crippen LogP contribution in [-0.2, 0) is 4.79 Å². The summed E-state index contributed by atoms with van der Waals surface area (Å²) in [5.41, 5.74) is 0. The highest BCUT2D eigenvalue weighted by Gasteiger charge is 2.59. The van der Waals surface area contributed by atoms with Crippen LogP contribution >= 0.6 is 0 Å². The minimum Gasteiger partial charge on any atom is -0.480 e. The molecule has 1 aliphatic carbocycles. The molecule has 3 nitrogen and oxygen atoms in total. The third-order valence-corrected chi connectivity index (χ3v) is 2.68. The Morgan fingerprint density at radius 3 is 2.58 bits per heavy atom. The predicted octanol–water partition coefficient (Wildman–Crippen LogP) is 0.457. The average molecular weight is 177 g/mol. The van der Waals surface area contributed by atoms with E-state index in [1.807, 2.05) is 0 Å². The highest BCUT2D eigenvalue weighted by molar-refractivity contribution is 5.75. The molecule has 1 aliphatic heterocycles. The fourth-order valence-electron chi connectivity index (χ4n) is 2.16. The molecule has 0 spiro atoms. The van der Waals surface area contributed by atoms with Gasteiger partial charge in [0.15, 0.2) is 0 Å². The molecule has 2 fully saturated rings. The molecule has 68 valence electrons. The quantitative estimate of drug-likeness (QED) is 0.611. The number of hydrogen-bond acceptors (Lipinski definition) is 2. The van der Waals surface area contributed by atoms with E-state index >= 15 is 0 Å². The summed E-state index contributed by atoms with van der Waals surface area (Å²) >= 11 is 0. The fourth-order valence-corrected chi connectivity index (χ4v) is 2.16. The number of aliphatic carboxylic acids is 1. The van der Waals surface area contributed by atoms with Gasteiger partial charge in [0.25, 0.3) is 5.92 Å². The first-order valence-corrected chi connectivity index (χ1v) is 3.87. The molecule has 0 aromatic carbocycles. The molecule has 0 aromatic heterocycles. The zero-order valence-corrected chi connectivity index (χ0v) is 6.26. The lowest BCUT2D eigenvalue weighted by Gasteiger charge is -2.27. The number of halogens is 2. The number of hydrogen-bond donors (Lipinski definition) is 2. The molecule has 2 N–H and O–H groups in total. The third kappa shape index (κ3) is 0.924. The van der Waals surface area contributed by atoms with Crippen LogP contribution in [-0.4, -0.2) is 29.1 Å². The second kappa shape index (κ2) is 2.16. The minimum absolute atomic E-state index is 0.207. The number of carboxylic acids is 1. The van der Waals surface area contributed by atoms with E-state index in [4.69, 9.17) is 5.11 Å². The Labute approximate surface area is 67.8 Å². The molecule has 12 heavy (non-hydrogen) atoms. The maximum Gasteiger partial charge on any atom is 0.321 e. The van der Waals surface area contributed by atoms with Crippen molar-refractivity contribution in [2.75, 3.05) is 0 Å². The van der Waals surface area contributed by atoms with Gasteiger partial charge in [-0.2, -0.15) is 0 Å². The van der Waals surface area contributed by atoms with Crippen LogP contribution in [0.4, 0.5) is 8.78 Å². The number of carbonyl (C=O) groups is 1. The van der Waals surface area contributed by atoms with Gasteiger partial charge in [-0.3, -0.25) is 4.79 Å². The number of rotatable bonds is 1. The van der Waals surface area contributed by atoms with Gasteiger partial charge < -0.3 is 10.4 Å². The lowest BCUT2D eigenvalue weighted by Crippen LogP contribution is -2.49. The predicted molar refractivity (Wildman–Crippen MR) is 36.0 cm³/mol. The summed E-state index contributed by atoms with van der Waals surface area (Å²) in [6, 6.07) is -1.34. The second-order valence-electron chi connectivity index (χ2n) is 3.49. The van der Waals surface area contributed by atoms with Gasteiger partial charge in [-0.15, -0.1) is 0 Å². The monoisotopic (exact) mass is 177 g/mol. The summed E-state index contributed by atoms with van der Waals surface area (Å²) in [5, 5.41) is 11.2. The zero-order valence-electron chi connectivity index (χ0n) is 6.26. The minimum atomic E-state index is -2.78. The first-order chi connectivity index (χ1) is 5.50. The molecule has 0 amide bonds. The summed E-state index contributed by atoms with van der Waals surface area (Å²) in [6.07, 6.45) is 0.0887. The van der Waals surface area contributed by atoms with Crippen LogP contribution in [0.5, 0.6) is 0 Å². The largest absolute Gasteiger partial charge is 0.480 e. The van der Waals surface area contributed by atoms with Gasteiger partial charge in [-0.25, -0.2) is 8.78 Å². The molecule has 3 atom stereocenters. The van der Waals surface area contributed by atoms with E-state index in [1.165, 1.54) is 0 Å². The van der Waals surface area contributed by atoms with Gasteiger partial charge in [0.2, 0.25) is 0 Å². The molecule has 5 heteroatoms. The van der Waals surface area contributed by atoms with Crippen molar-refractivity contribution in [1.29, 1.82) is 0 Å². The number of alkyl halides is 2. The molecule has 1 heterocycles. The molecule has 2 rings (SSSR count). The summed E-state index contributed by atoms with van der Waals surface area (Å²) in [6.45, 7) is 0. The highest BCUT2D eigenvalue weighted by atomic mass is 19.3. The van der Waals surface area contributed by atoms with Crippen molar-refractivity contribution < 1.29 is 18.7 Å². The van der Waals surface area contributed by atoms with Crippen LogP contribution in [0.2, 0.25) is 0 Å². The van der Waals surface area contributed by atoms with E-state index in [-0.39, 0.29) is 12.5 Å². The Kier molecular flexibility index (Phi) is 1.42. The lowest BCUT2D eigenvalue weighted by molar-refractivity contribution is -0.147. The Balaban J connectivity index is 2.20. The maximum absolute atomic E-state index is 12.9. The second-order valence-corrected chi connectivity index (χ2v) is 3.49. The van der Waals surface area contributed by atoms with E-state index in [1.54, 1.807) is 0 Å². The van der Waals surface area contributed by atoms with Crippen molar-refractivity contribution in [2.45, 2.75) is 30.8 Å². The highest BCUT2D eigenvalue weighted by Crippen LogP contribution is 2.46. The van der Waals surface area contributed by atoms with Crippen LogP contribution in [0.1, 0.15) is 12.8 Å². The van der Waals surface area contributed by atoms with Crippen LogP contribution in [0, 0.1) is 5.92 Å². The first kappa shape index (κ1) is 7.91. The smallest absolute Gasteiger partial charge is 0.321 e. The van der Waals surface area contributed by atoms with E-state index < -0.39 is 23.9 Å². The molecule has 2 bridgehead atoms. The van der Waals surface area contributed by atoms with Crippen molar-refractivity contribution in [1.82, 2.24) is 5.32 Å². The van der Waals surface area contributed by atoms with Gasteiger partial charge in [0.1, 0.15) is 6.04 Å². The maximum atomic E-state index is 12.9. The van der Waals surface area contributed by atoms with Crippen LogP contribution in [0.3, 0.4) is 0 Å². The summed E-state index contributed by atoms with van der Waals surface area (Å²) in [7, 11) is 0. The van der Waals surface area contributed by atoms with Gasteiger partial charge in [-0.1, -0.05) is 0 Å². The third-order valence-electron chi connectivity index (χ3n) is 2.68. The van der Waals surface area contributed by atoms with Crippen molar-refractivity contribution in [3.8, 4) is 0 Å². The normalized spacial score (nSPS) is 43.3. The van der Waals surface area contributed by atoms with Gasteiger partial charge in [-0.05, 0) is 6.42 Å². The number of piperidine rings is 1. The van der Waals surface area contributed by atoms with E-state index in [0.717, 1.165) is 0 Å². The van der Waals surface area contributed by atoms with Crippen molar-refractivity contribution in [3.63, 3.8) is 0 Å². The van der Waals surface area contributed by atoms with Gasteiger partial charge in [0, 0.05) is 12.5 Å². The SMILES string of the molecule is O=C(O)[C@H]1N[C@@H]2C[C@H]1C(F)(F)C2. The molecule has 0 unspecified atom stereocenters. The van der Waals surface area contributed by atoms with Crippen molar-refractivity contribution in [3.05, 3.63) is 0 Å². The molecule has 0 radical (unpaired) electrons. The van der Waals surface area contributed by atoms with Gasteiger partial charge in [0.05, 0.1) is 5.92 Å². The standard InChI is InChI=1S/C7H9F2NO2/c8-7(9)2-3-1-4(7)5(10-3)6(11)12/h3-5,10H,1-2H2,(H,11,12)/t3-,4-,5+/m1/s1. The Bertz CT molecular complexity index is 231. The average Bonchev–Trinajstić information content (AvgIpc) is 2.40. The number of nitrogens with one attached hydrogen (secondary N) is 1. The van der Waals surface area contributed by atoms with Gasteiger partial charge >= 0.3 is 5.97 Å². The van der Waals surface area contributed by atoms with Crippen LogP contribution < -0.4 is 5.32 Å². The van der Waals surface area contributed by atoms with Crippen molar-refractivity contribution in [2.24, 2.45) is 5.92 Å². The van der Waals surface area contributed by atoms with E-state index in [0.29, 0.717) is 6.42 Å². The summed E-state index contributed by atoms with van der Waals surface area (Å²) in [5.74, 6) is -4.94. The lowest BCUT2D eigenvalue weighted by atomic mass is 9.96. The van der Waals surface area contributed by atoms with Crippen LogP contribution in [0.15, 0.2) is 0 Å². The number of carboxylic acid groups (broad SMARTS) is 1. The summed E-state index contributed by atoms with van der Waals surface area (Å²) < 4.78 is 25.9. The van der Waals surface area contributed by atoms with E-state index in [9.17, 15) is 13.6 Å². The number of fused-ring (bicyclic) bond motifs is 2. The Hall–Kier alpha value is -0.710. The summed E-state index contributed by atoms with van der Waals surface area (Å²) in [4.78, 5) is 10.5. The molecule has 1 saturated heterocycles. The fraction of sp³-hybridized carbons (Fsp3) is 0.857. The molecule has 2 aliphatic rings. The zero-order chi connectivity index (χ0) is 8.93. The Morgan fingerprint density at radius 1 is 1.58 bits per heavy atom. The molecule has 1 saturated carbocycles.